The van der Waals surface area contributed by atoms with Crippen LogP contribution in [0.1, 0.15) is 32.4 Å². The maximum Gasteiger partial charge on any atom is 0.408 e. The van der Waals surface area contributed by atoms with E-state index in [0.29, 0.717) is 10.3 Å². The second-order valence-electron chi connectivity index (χ2n) is 6.24. The third kappa shape index (κ3) is 4.90. The number of amides is 1. The van der Waals surface area contributed by atoms with Crippen LogP contribution in [0.2, 0.25) is 0 Å². The van der Waals surface area contributed by atoms with Crippen molar-refractivity contribution >= 4 is 12.1 Å². The molecule has 0 radical (unpaired) electrons. The molecule has 0 spiro atoms. The summed E-state index contributed by atoms with van der Waals surface area (Å²) in [7, 11) is 0. The molecule has 0 saturated heterocycles. The molecule has 0 saturated carbocycles. The van der Waals surface area contributed by atoms with E-state index in [4.69, 9.17) is 9.57 Å². The van der Waals surface area contributed by atoms with E-state index in [-0.39, 0.29) is 0 Å². The fraction of sp³-hybridized carbons (Fsp3) is 0.294. The molecule has 0 aliphatic heterocycles. The minimum absolute atomic E-state index is 0.449. The van der Waals surface area contributed by atoms with Gasteiger partial charge in [-0.25, -0.2) is 9.59 Å². The number of nitrogens with one attached hydrogen (secondary N) is 1. The first-order chi connectivity index (χ1) is 11.7. The summed E-state index contributed by atoms with van der Waals surface area (Å²) in [5, 5.41) is 21.6. The van der Waals surface area contributed by atoms with Crippen molar-refractivity contribution in [3.8, 4) is 11.8 Å². The molecule has 0 bridgehead atoms. The molecule has 0 aliphatic carbocycles. The smallest absolute Gasteiger partial charge is 0.408 e. The zero-order valence-electron chi connectivity index (χ0n) is 14.1. The zero-order chi connectivity index (χ0) is 18.6. The molecule has 25 heavy (non-hydrogen) atoms. The molecule has 2 aromatic rings. The molecule has 3 N–H and O–H groups in total. The van der Waals surface area contributed by atoms with Crippen molar-refractivity contribution in [3.05, 3.63) is 48.0 Å². The fourth-order valence-electron chi connectivity index (χ4n) is 1.99. The number of rotatable bonds is 4. The van der Waals surface area contributed by atoms with Gasteiger partial charge in [0.05, 0.1) is 0 Å². The molecule has 1 aromatic carbocycles. The van der Waals surface area contributed by atoms with E-state index >= 15 is 0 Å². The molecule has 1 unspecified atom stereocenters. The summed E-state index contributed by atoms with van der Waals surface area (Å²) in [6, 6.07) is 9.49. The summed E-state index contributed by atoms with van der Waals surface area (Å²) >= 11 is 0. The molecule has 1 amide bonds. The second-order valence-corrected chi connectivity index (χ2v) is 6.24. The Hall–Kier alpha value is -3.16. The summed E-state index contributed by atoms with van der Waals surface area (Å²) < 4.78 is 5.71. The van der Waals surface area contributed by atoms with Crippen LogP contribution in [0.3, 0.4) is 0 Å². The highest BCUT2D eigenvalue weighted by molar-refractivity contribution is 5.83. The topological polar surface area (TPSA) is 110 Å². The Morgan fingerprint density at radius 2 is 1.60 bits per heavy atom. The van der Waals surface area contributed by atoms with Crippen LogP contribution in [-0.2, 0) is 9.53 Å². The lowest BCUT2D eigenvalue weighted by atomic mass is 10.1. The molecule has 0 aliphatic rings. The van der Waals surface area contributed by atoms with Gasteiger partial charge in [0.25, 0.3) is 0 Å². The molecule has 0 fully saturated rings. The Kier molecular flexibility index (Phi) is 5.21. The minimum Gasteiger partial charge on any atom is -0.492 e. The van der Waals surface area contributed by atoms with E-state index in [1.54, 1.807) is 51.1 Å². The molecule has 1 heterocycles. The van der Waals surface area contributed by atoms with Crippen molar-refractivity contribution in [1.29, 1.82) is 0 Å². The lowest BCUT2D eigenvalue weighted by Gasteiger charge is -2.23. The Labute approximate surface area is 144 Å². The van der Waals surface area contributed by atoms with Gasteiger partial charge in [0.15, 0.2) is 6.04 Å². The van der Waals surface area contributed by atoms with Gasteiger partial charge < -0.3 is 25.1 Å². The predicted octanol–water partition coefficient (Wildman–Crippen LogP) is 2.12. The number of ether oxygens (including phenoxy) is 1. The number of carbonyl (C=O) groups excluding carboxylic acids is 2. The lowest BCUT2D eigenvalue weighted by molar-refractivity contribution is -0.148. The van der Waals surface area contributed by atoms with Crippen molar-refractivity contribution in [2.24, 2.45) is 0 Å². The molecular formula is C17H20N2O6. The van der Waals surface area contributed by atoms with E-state index in [1.807, 2.05) is 0 Å². The van der Waals surface area contributed by atoms with Crippen molar-refractivity contribution in [2.45, 2.75) is 32.4 Å². The Morgan fingerprint density at radius 3 is 2.12 bits per heavy atom. The van der Waals surface area contributed by atoms with Crippen molar-refractivity contribution in [3.63, 3.8) is 0 Å². The molecule has 1 atom stereocenters. The monoisotopic (exact) mass is 348 g/mol. The number of hydrogen-bond acceptors (Lipinski definition) is 6. The van der Waals surface area contributed by atoms with Gasteiger partial charge >= 0.3 is 12.1 Å². The van der Waals surface area contributed by atoms with Crippen LogP contribution in [-0.4, -0.2) is 32.6 Å². The molecule has 134 valence electrons. The number of benzene rings is 1. The van der Waals surface area contributed by atoms with Gasteiger partial charge in [0.1, 0.15) is 5.60 Å². The van der Waals surface area contributed by atoms with Crippen LogP contribution in [0, 0.1) is 0 Å². The van der Waals surface area contributed by atoms with Gasteiger partial charge in [0, 0.05) is 12.1 Å². The average molecular weight is 348 g/mol. The molecule has 8 heteroatoms. The maximum atomic E-state index is 12.5. The van der Waals surface area contributed by atoms with Crippen molar-refractivity contribution < 1.29 is 29.4 Å². The summed E-state index contributed by atoms with van der Waals surface area (Å²) in [5.74, 6) is -1.84. The van der Waals surface area contributed by atoms with Gasteiger partial charge in [-0.05, 0) is 26.3 Å². The van der Waals surface area contributed by atoms with Gasteiger partial charge in [-0.15, -0.1) is 4.73 Å². The van der Waals surface area contributed by atoms with Crippen LogP contribution in [0.4, 0.5) is 4.79 Å². The third-order valence-electron chi connectivity index (χ3n) is 3.01. The predicted molar refractivity (Wildman–Crippen MR) is 87.9 cm³/mol. The maximum absolute atomic E-state index is 12.5. The third-order valence-corrected chi connectivity index (χ3v) is 3.01. The van der Waals surface area contributed by atoms with E-state index in [9.17, 15) is 19.8 Å². The Morgan fingerprint density at radius 1 is 1.04 bits per heavy atom. The van der Waals surface area contributed by atoms with E-state index < -0.39 is 35.5 Å². The lowest BCUT2D eigenvalue weighted by Crippen LogP contribution is -2.40. The molecule has 1 aromatic heterocycles. The number of aromatic hydroxyl groups is 2. The van der Waals surface area contributed by atoms with Crippen LogP contribution >= 0.6 is 0 Å². The summed E-state index contributed by atoms with van der Waals surface area (Å²) in [6.07, 6.45) is -0.806. The summed E-state index contributed by atoms with van der Waals surface area (Å²) in [6.45, 7) is 5.08. The summed E-state index contributed by atoms with van der Waals surface area (Å²) in [4.78, 5) is 29.5. The molecule has 2 rings (SSSR count). The Balaban J connectivity index is 2.22. The number of aromatic nitrogens is 1. The normalized spacial score (nSPS) is 12.3. The first-order valence-corrected chi connectivity index (χ1v) is 7.54. The van der Waals surface area contributed by atoms with Gasteiger partial charge in [-0.3, -0.25) is 0 Å². The van der Waals surface area contributed by atoms with Gasteiger partial charge in [-0.1, -0.05) is 30.3 Å². The quantitative estimate of drug-likeness (QED) is 0.781. The summed E-state index contributed by atoms with van der Waals surface area (Å²) in [5.41, 5.74) is -0.295. The fourth-order valence-corrected chi connectivity index (χ4v) is 1.99. The first kappa shape index (κ1) is 18.2. The zero-order valence-corrected chi connectivity index (χ0v) is 14.1. The SMILES string of the molecule is CC(C)(C)OC(=O)NC(C(=O)On1c(O)ccc1O)c1ccccc1. The van der Waals surface area contributed by atoms with Crippen LogP contribution in [0.25, 0.3) is 0 Å². The van der Waals surface area contributed by atoms with E-state index in [0.717, 1.165) is 12.1 Å². The number of hydrogen-bond donors (Lipinski definition) is 3. The van der Waals surface area contributed by atoms with Gasteiger partial charge in [-0.2, -0.15) is 0 Å². The largest absolute Gasteiger partial charge is 0.492 e. The van der Waals surface area contributed by atoms with Crippen LogP contribution in [0.15, 0.2) is 42.5 Å². The van der Waals surface area contributed by atoms with E-state index in [2.05, 4.69) is 5.32 Å². The highest BCUT2D eigenvalue weighted by Crippen LogP contribution is 2.21. The second kappa shape index (κ2) is 7.16. The molecule has 8 nitrogen and oxygen atoms in total. The number of carbonyl (C=O) groups is 2. The van der Waals surface area contributed by atoms with Crippen molar-refractivity contribution in [2.75, 3.05) is 0 Å². The average Bonchev–Trinajstić information content (AvgIpc) is 2.83. The van der Waals surface area contributed by atoms with Crippen LogP contribution < -0.4 is 10.2 Å². The molecular weight excluding hydrogens is 328 g/mol. The highest BCUT2D eigenvalue weighted by Gasteiger charge is 2.28. The highest BCUT2D eigenvalue weighted by atomic mass is 16.7. The number of nitrogens with zero attached hydrogens (tertiary/aromatic N) is 1. The Bertz CT molecular complexity index is 729. The van der Waals surface area contributed by atoms with E-state index in [1.165, 1.54) is 0 Å². The van der Waals surface area contributed by atoms with Crippen molar-refractivity contribution in [1.82, 2.24) is 10.0 Å². The number of alkyl carbamates (subject to hydrolysis) is 1. The van der Waals surface area contributed by atoms with Crippen LogP contribution in [0.5, 0.6) is 11.8 Å². The minimum atomic E-state index is -1.20. The van der Waals surface area contributed by atoms with Gasteiger partial charge in [0.2, 0.25) is 11.8 Å². The first-order valence-electron chi connectivity index (χ1n) is 7.54. The standard InChI is InChI=1S/C17H20N2O6/c1-17(2,3)24-16(23)18-14(11-7-5-4-6-8-11)15(22)25-19-12(20)9-10-13(19)21/h4-10,14,20-21H,1-3H3,(H,18,23).